The maximum absolute atomic E-state index is 9.42. The molecule has 2 aromatic heterocycles. The summed E-state index contributed by atoms with van der Waals surface area (Å²) in [6, 6.07) is 1.31. The maximum Gasteiger partial charge on any atom is 0.135 e. The van der Waals surface area contributed by atoms with Gasteiger partial charge in [0.05, 0.1) is 6.61 Å². The van der Waals surface area contributed by atoms with E-state index in [1.54, 1.807) is 18.5 Å². The van der Waals surface area contributed by atoms with Crippen LogP contribution in [0.1, 0.15) is 36.5 Å². The van der Waals surface area contributed by atoms with Gasteiger partial charge >= 0.3 is 0 Å². The molecule has 2 aromatic rings. The van der Waals surface area contributed by atoms with E-state index < -0.39 is 0 Å². The largest absolute Gasteiger partial charge is 0.394 e. The van der Waals surface area contributed by atoms with Crippen LogP contribution in [0.4, 0.5) is 5.82 Å². The molecule has 0 spiro atoms. The van der Waals surface area contributed by atoms with E-state index in [1.165, 1.54) is 0 Å². The number of hydrogen-bond donors (Lipinski definition) is 3. The maximum atomic E-state index is 9.42. The number of nitrogens with one attached hydrogen (secondary N) is 2. The second kappa shape index (κ2) is 5.14. The van der Waals surface area contributed by atoms with Crippen molar-refractivity contribution in [1.29, 1.82) is 0 Å². The molecule has 0 bridgehead atoms. The van der Waals surface area contributed by atoms with Crippen LogP contribution in [0.5, 0.6) is 0 Å². The lowest BCUT2D eigenvalue weighted by Gasteiger charge is -2.15. The summed E-state index contributed by atoms with van der Waals surface area (Å²) < 4.78 is 0. The molecule has 2 heterocycles. The minimum atomic E-state index is -0.340. The number of aromatic nitrogens is 4. The topological polar surface area (TPSA) is 86.7 Å². The van der Waals surface area contributed by atoms with E-state index in [-0.39, 0.29) is 12.6 Å². The number of aromatic amines is 1. The number of anilines is 1. The molecule has 0 aliphatic heterocycles. The molecule has 7 heteroatoms. The van der Waals surface area contributed by atoms with Gasteiger partial charge in [0.1, 0.15) is 28.7 Å². The van der Waals surface area contributed by atoms with Crippen molar-refractivity contribution in [2.75, 3.05) is 11.9 Å². The van der Waals surface area contributed by atoms with Crippen molar-refractivity contribution in [2.24, 2.45) is 0 Å². The molecular weight excluding hydrogens is 266 g/mol. The molecule has 0 saturated heterocycles. The van der Waals surface area contributed by atoms with Crippen molar-refractivity contribution < 1.29 is 5.11 Å². The molecule has 1 aliphatic rings. The molecule has 19 heavy (non-hydrogen) atoms. The second-order valence-electron chi connectivity index (χ2n) is 4.56. The highest BCUT2D eigenvalue weighted by molar-refractivity contribution is 6.29. The van der Waals surface area contributed by atoms with E-state index in [4.69, 9.17) is 11.6 Å². The van der Waals surface area contributed by atoms with Crippen LogP contribution in [0.25, 0.3) is 0 Å². The zero-order valence-electron chi connectivity index (χ0n) is 10.2. The Bertz CT molecular complexity index is 555. The van der Waals surface area contributed by atoms with Gasteiger partial charge in [0.15, 0.2) is 0 Å². The fourth-order valence-electron chi connectivity index (χ4n) is 1.88. The zero-order valence-corrected chi connectivity index (χ0v) is 10.9. The Morgan fingerprint density at radius 1 is 1.47 bits per heavy atom. The third-order valence-electron chi connectivity index (χ3n) is 3.01. The number of imidazole rings is 1. The molecule has 1 saturated carbocycles. The average molecular weight is 280 g/mol. The molecule has 1 fully saturated rings. The van der Waals surface area contributed by atoms with Gasteiger partial charge in [-0.25, -0.2) is 15.0 Å². The first-order valence-electron chi connectivity index (χ1n) is 6.17. The number of halogens is 1. The van der Waals surface area contributed by atoms with Gasteiger partial charge in [-0.3, -0.25) is 0 Å². The van der Waals surface area contributed by atoms with Crippen molar-refractivity contribution in [3.63, 3.8) is 0 Å². The SMILES string of the molecule is OCC(Nc1cc(Cl)nc(C2CC2)n1)c1ncc[nH]1. The normalized spacial score (nSPS) is 16.3. The van der Waals surface area contributed by atoms with Crippen LogP contribution in [0.3, 0.4) is 0 Å². The molecule has 1 atom stereocenters. The van der Waals surface area contributed by atoms with Gasteiger partial charge in [-0.05, 0) is 12.8 Å². The summed E-state index contributed by atoms with van der Waals surface area (Å²) in [5.41, 5.74) is 0. The van der Waals surface area contributed by atoms with Crippen molar-refractivity contribution in [3.8, 4) is 0 Å². The summed E-state index contributed by atoms with van der Waals surface area (Å²) in [6.45, 7) is -0.0894. The van der Waals surface area contributed by atoms with E-state index in [9.17, 15) is 5.11 Å². The van der Waals surface area contributed by atoms with Crippen LogP contribution in [0, 0.1) is 0 Å². The van der Waals surface area contributed by atoms with Crippen LogP contribution in [0.2, 0.25) is 5.15 Å². The standard InChI is InChI=1S/C12H14ClN5O/c13-9-5-10(18-11(17-9)7-1-2-7)16-8(6-19)12-14-3-4-15-12/h3-5,7-8,19H,1-2,6H2,(H,14,15)(H,16,17,18). The summed E-state index contributed by atoms with van der Waals surface area (Å²) in [5.74, 6) is 2.46. The monoisotopic (exact) mass is 279 g/mol. The number of H-pyrrole nitrogens is 1. The first-order chi connectivity index (χ1) is 9.26. The van der Waals surface area contributed by atoms with Gasteiger partial charge in [0.2, 0.25) is 0 Å². The molecule has 1 aliphatic carbocycles. The predicted octanol–water partition coefficient (Wildman–Crippen LogP) is 1.88. The predicted molar refractivity (Wildman–Crippen MR) is 71.1 cm³/mol. The fraction of sp³-hybridized carbons (Fsp3) is 0.417. The minimum Gasteiger partial charge on any atom is -0.394 e. The molecule has 100 valence electrons. The highest BCUT2D eigenvalue weighted by Crippen LogP contribution is 2.38. The second-order valence-corrected chi connectivity index (χ2v) is 4.95. The van der Waals surface area contributed by atoms with Crippen LogP contribution in [-0.2, 0) is 0 Å². The summed E-state index contributed by atoms with van der Waals surface area (Å²) in [7, 11) is 0. The van der Waals surface area contributed by atoms with Crippen molar-refractivity contribution >= 4 is 17.4 Å². The Labute approximate surface area is 115 Å². The number of rotatable bonds is 5. The fourth-order valence-corrected chi connectivity index (χ4v) is 2.07. The third kappa shape index (κ3) is 2.85. The Hall–Kier alpha value is -1.66. The van der Waals surface area contributed by atoms with Gasteiger partial charge in [-0.15, -0.1) is 0 Å². The van der Waals surface area contributed by atoms with Crippen LogP contribution >= 0.6 is 11.6 Å². The summed E-state index contributed by atoms with van der Waals surface area (Å²) in [6.07, 6.45) is 5.58. The zero-order chi connectivity index (χ0) is 13.2. The van der Waals surface area contributed by atoms with Crippen LogP contribution in [0.15, 0.2) is 18.5 Å². The van der Waals surface area contributed by atoms with Gasteiger partial charge in [-0.2, -0.15) is 0 Å². The summed E-state index contributed by atoms with van der Waals surface area (Å²) in [4.78, 5) is 15.7. The molecule has 3 rings (SSSR count). The van der Waals surface area contributed by atoms with E-state index in [2.05, 4.69) is 25.3 Å². The highest BCUT2D eigenvalue weighted by Gasteiger charge is 2.27. The van der Waals surface area contributed by atoms with Crippen molar-refractivity contribution in [1.82, 2.24) is 19.9 Å². The van der Waals surface area contributed by atoms with Gasteiger partial charge < -0.3 is 15.4 Å². The number of nitrogens with zero attached hydrogens (tertiary/aromatic N) is 3. The summed E-state index contributed by atoms with van der Waals surface area (Å²) >= 11 is 6.00. The van der Waals surface area contributed by atoms with Crippen LogP contribution in [-0.4, -0.2) is 31.6 Å². The quantitative estimate of drug-likeness (QED) is 0.728. The lowest BCUT2D eigenvalue weighted by atomic mass is 10.3. The molecule has 6 nitrogen and oxygen atoms in total. The molecule has 0 radical (unpaired) electrons. The molecule has 0 aromatic carbocycles. The molecule has 1 unspecified atom stereocenters. The smallest absolute Gasteiger partial charge is 0.135 e. The van der Waals surface area contributed by atoms with E-state index in [0.717, 1.165) is 18.7 Å². The minimum absolute atomic E-state index is 0.0894. The van der Waals surface area contributed by atoms with E-state index in [1.807, 2.05) is 0 Å². The number of aliphatic hydroxyl groups is 1. The van der Waals surface area contributed by atoms with Gasteiger partial charge in [0, 0.05) is 24.4 Å². The first kappa shape index (κ1) is 12.4. The lowest BCUT2D eigenvalue weighted by molar-refractivity contribution is 0.272. The summed E-state index contributed by atoms with van der Waals surface area (Å²) in [5, 5.41) is 12.9. The molecule has 0 amide bonds. The Balaban J connectivity index is 1.81. The Kier molecular flexibility index (Phi) is 3.35. The number of aliphatic hydroxyl groups excluding tert-OH is 1. The number of hydrogen-bond acceptors (Lipinski definition) is 5. The van der Waals surface area contributed by atoms with Crippen molar-refractivity contribution in [2.45, 2.75) is 24.8 Å². The first-order valence-corrected chi connectivity index (χ1v) is 6.55. The Morgan fingerprint density at radius 2 is 2.32 bits per heavy atom. The highest BCUT2D eigenvalue weighted by atomic mass is 35.5. The lowest BCUT2D eigenvalue weighted by Crippen LogP contribution is -2.17. The van der Waals surface area contributed by atoms with Gasteiger partial charge in [0.25, 0.3) is 0 Å². The Morgan fingerprint density at radius 3 is 2.95 bits per heavy atom. The molecular formula is C12H14ClN5O. The average Bonchev–Trinajstić information content (AvgIpc) is 3.11. The van der Waals surface area contributed by atoms with Crippen molar-refractivity contribution in [3.05, 3.63) is 35.3 Å². The van der Waals surface area contributed by atoms with E-state index in [0.29, 0.717) is 22.7 Å². The van der Waals surface area contributed by atoms with Gasteiger partial charge in [-0.1, -0.05) is 11.6 Å². The molecule has 3 N–H and O–H groups in total. The van der Waals surface area contributed by atoms with E-state index >= 15 is 0 Å². The third-order valence-corrected chi connectivity index (χ3v) is 3.20. The van der Waals surface area contributed by atoms with Crippen LogP contribution < -0.4 is 5.32 Å².